The third kappa shape index (κ3) is 7.39. The van der Waals surface area contributed by atoms with Gasteiger partial charge >= 0.3 is 0 Å². The first-order chi connectivity index (χ1) is 26.4. The van der Waals surface area contributed by atoms with Crippen LogP contribution in [0.4, 0.5) is 0 Å². The number of ether oxygens (including phenoxy) is 4. The lowest BCUT2D eigenvalue weighted by Crippen LogP contribution is -2.71. The van der Waals surface area contributed by atoms with E-state index in [4.69, 9.17) is 18.9 Å². The maximum Gasteiger partial charge on any atom is 0.187 e. The van der Waals surface area contributed by atoms with Crippen molar-refractivity contribution in [1.82, 2.24) is 0 Å². The maximum absolute atomic E-state index is 12.3. The van der Waals surface area contributed by atoms with E-state index in [0.29, 0.717) is 50.5 Å². The summed E-state index contributed by atoms with van der Waals surface area (Å²) in [6.07, 6.45) is -13.3. The number of rotatable bonds is 11. The standard InChI is InChI=1S/C42H72O15/c1-19(2)23(57-52)11-15-42(9,51)21-10-14-40(7)28(21)22(44)16-26-39(6)13-12-27(45)38(4,5)35(39)24(17-41(26,40)8)54-37-34(32(49)30(47)25(18-43)55-37)56-36-33(50)31(48)29(46)20(3)53-36/h20-37,43-52H,1,10-18H2,2-9H3/t20-,21-,22+,23?,24-,25+,26+,27-,28-,29-,30+,31+,32-,33+,34+,35-,36-,37+,39+,40+,41+,42-/m0/s1. The first-order valence-corrected chi connectivity index (χ1v) is 21.1. The average Bonchev–Trinajstić information content (AvgIpc) is 3.52. The monoisotopic (exact) mass is 816 g/mol. The van der Waals surface area contributed by atoms with Gasteiger partial charge in [0, 0.05) is 0 Å². The van der Waals surface area contributed by atoms with Gasteiger partial charge in [0.05, 0.1) is 36.6 Å². The Morgan fingerprint density at radius 3 is 2.14 bits per heavy atom. The second-order valence-electron chi connectivity index (χ2n) is 20.4. The van der Waals surface area contributed by atoms with Gasteiger partial charge in [-0.1, -0.05) is 41.2 Å². The van der Waals surface area contributed by atoms with Crippen molar-refractivity contribution in [2.24, 2.45) is 45.3 Å². The molecule has 2 heterocycles. The molecule has 0 aromatic carbocycles. The fraction of sp³-hybridized carbons (Fsp3) is 0.952. The minimum absolute atomic E-state index is 0.0192. The molecule has 4 saturated carbocycles. The van der Waals surface area contributed by atoms with E-state index in [0.717, 1.165) is 6.42 Å². The van der Waals surface area contributed by atoms with Gasteiger partial charge in [-0.3, -0.25) is 5.26 Å². The van der Waals surface area contributed by atoms with Crippen LogP contribution in [0.15, 0.2) is 12.2 Å². The molecule has 57 heavy (non-hydrogen) atoms. The zero-order valence-electron chi connectivity index (χ0n) is 35.0. The Morgan fingerprint density at radius 2 is 1.53 bits per heavy atom. The van der Waals surface area contributed by atoms with Crippen molar-refractivity contribution in [3.63, 3.8) is 0 Å². The molecule has 6 fully saturated rings. The van der Waals surface area contributed by atoms with Crippen LogP contribution in [0.25, 0.3) is 0 Å². The van der Waals surface area contributed by atoms with E-state index in [1.807, 2.05) is 13.8 Å². The fourth-order valence-electron chi connectivity index (χ4n) is 13.5. The summed E-state index contributed by atoms with van der Waals surface area (Å²) in [6, 6.07) is 0. The number of aliphatic hydroxyl groups is 9. The fourth-order valence-corrected chi connectivity index (χ4v) is 13.5. The SMILES string of the molecule is C=C(C)C(CC[C@](C)(O)[C@H]1CC[C@]2(C)[C@@H]1[C@H](O)C[C@@H]1[C@@]3(C)CC[C@H](O)C(C)(C)[C@@H]3[C@@H](O[C@@H]3O[C@H](CO)[C@@H](O)[C@H](O)[C@H]3O[C@@H]3O[C@@H](C)[C@H](O)[C@@H](O)[C@H]3O)C[C@]12C)OO. The van der Waals surface area contributed by atoms with Crippen LogP contribution in [0.5, 0.6) is 0 Å². The Bertz CT molecular complexity index is 1430. The number of hydrogen-bond acceptors (Lipinski definition) is 15. The smallest absolute Gasteiger partial charge is 0.187 e. The zero-order chi connectivity index (χ0) is 42.4. The number of fused-ring (bicyclic) bond motifs is 5. The molecule has 0 bridgehead atoms. The van der Waals surface area contributed by atoms with Gasteiger partial charge in [0.25, 0.3) is 0 Å². The van der Waals surface area contributed by atoms with E-state index in [9.17, 15) is 51.2 Å². The van der Waals surface area contributed by atoms with Crippen LogP contribution in [-0.4, -0.2) is 149 Å². The van der Waals surface area contributed by atoms with Crippen LogP contribution in [0, 0.1) is 45.3 Å². The minimum atomic E-state index is -1.72. The van der Waals surface area contributed by atoms with Gasteiger partial charge in [-0.2, -0.15) is 0 Å². The molecule has 4 aliphatic carbocycles. The molecular formula is C42H72O15. The summed E-state index contributed by atoms with van der Waals surface area (Å²) in [4.78, 5) is 4.66. The van der Waals surface area contributed by atoms with Gasteiger partial charge < -0.3 is 64.9 Å². The van der Waals surface area contributed by atoms with E-state index < -0.39 is 120 Å². The Labute approximate surface area is 336 Å². The Balaban J connectivity index is 1.37. The second-order valence-corrected chi connectivity index (χ2v) is 20.4. The number of hydrogen-bond donors (Lipinski definition) is 10. The van der Waals surface area contributed by atoms with Crippen LogP contribution < -0.4 is 0 Å². The topological polar surface area (TPSA) is 248 Å². The quantitative estimate of drug-likeness (QED) is 0.0616. The van der Waals surface area contributed by atoms with E-state index in [2.05, 4.69) is 32.2 Å². The molecule has 15 nitrogen and oxygen atoms in total. The van der Waals surface area contributed by atoms with Crippen molar-refractivity contribution in [3.8, 4) is 0 Å². The van der Waals surface area contributed by atoms with Crippen molar-refractivity contribution < 1.29 is 75.1 Å². The van der Waals surface area contributed by atoms with Gasteiger partial charge in [-0.15, -0.1) is 0 Å². The molecule has 0 aromatic rings. The summed E-state index contributed by atoms with van der Waals surface area (Å²) in [7, 11) is 0. The maximum atomic E-state index is 12.3. The van der Waals surface area contributed by atoms with E-state index >= 15 is 0 Å². The summed E-state index contributed by atoms with van der Waals surface area (Å²) in [5.41, 5.74) is -2.74. The Kier molecular flexibility index (Phi) is 12.9. The van der Waals surface area contributed by atoms with E-state index in [-0.39, 0.29) is 23.7 Å². The summed E-state index contributed by atoms with van der Waals surface area (Å²) in [6.45, 7) is 19.0. The van der Waals surface area contributed by atoms with E-state index in [1.54, 1.807) is 13.8 Å². The molecule has 0 amide bonds. The molecule has 6 rings (SSSR count). The Hall–Kier alpha value is -0.860. The average molecular weight is 817 g/mol. The molecule has 0 radical (unpaired) electrons. The van der Waals surface area contributed by atoms with E-state index in [1.165, 1.54) is 6.92 Å². The summed E-state index contributed by atoms with van der Waals surface area (Å²) >= 11 is 0. The highest BCUT2D eigenvalue weighted by molar-refractivity contribution is 5.22. The summed E-state index contributed by atoms with van der Waals surface area (Å²) in [5, 5.41) is 110. The lowest BCUT2D eigenvalue weighted by Gasteiger charge is -2.72. The molecule has 0 spiro atoms. The third-order valence-electron chi connectivity index (χ3n) is 16.9. The normalized spacial score (nSPS) is 52.6. The van der Waals surface area contributed by atoms with Gasteiger partial charge in [-0.05, 0) is 123 Å². The molecule has 2 saturated heterocycles. The van der Waals surface area contributed by atoms with Gasteiger partial charge in [0.15, 0.2) is 12.6 Å². The second kappa shape index (κ2) is 16.1. The molecular weight excluding hydrogens is 744 g/mol. The third-order valence-corrected chi connectivity index (χ3v) is 16.9. The van der Waals surface area contributed by atoms with Crippen LogP contribution >= 0.6 is 0 Å². The van der Waals surface area contributed by atoms with Crippen LogP contribution in [0.1, 0.15) is 107 Å². The predicted octanol–water partition coefficient (Wildman–Crippen LogP) is 1.62. The first kappa shape index (κ1) is 45.7. The molecule has 6 aliphatic rings. The van der Waals surface area contributed by atoms with Crippen molar-refractivity contribution in [2.45, 2.75) is 198 Å². The highest BCUT2D eigenvalue weighted by Crippen LogP contribution is 2.76. The lowest BCUT2D eigenvalue weighted by atomic mass is 9.34. The van der Waals surface area contributed by atoms with Crippen LogP contribution in [0.2, 0.25) is 0 Å². The molecule has 22 atom stereocenters. The minimum Gasteiger partial charge on any atom is -0.394 e. The van der Waals surface area contributed by atoms with Crippen molar-refractivity contribution in [3.05, 3.63) is 12.2 Å². The Morgan fingerprint density at radius 1 is 0.860 bits per heavy atom. The van der Waals surface area contributed by atoms with Gasteiger partial charge in [0.2, 0.25) is 0 Å². The summed E-state index contributed by atoms with van der Waals surface area (Å²) in [5.74, 6) is -0.893. The van der Waals surface area contributed by atoms with Gasteiger partial charge in [-0.25, -0.2) is 4.89 Å². The largest absolute Gasteiger partial charge is 0.394 e. The highest BCUT2D eigenvalue weighted by atomic mass is 17.1. The molecule has 2 aliphatic heterocycles. The summed E-state index contributed by atoms with van der Waals surface area (Å²) < 4.78 is 25.1. The van der Waals surface area contributed by atoms with Crippen LogP contribution in [0.3, 0.4) is 0 Å². The lowest BCUT2D eigenvalue weighted by molar-refractivity contribution is -0.382. The van der Waals surface area contributed by atoms with Crippen molar-refractivity contribution in [2.75, 3.05) is 6.61 Å². The molecule has 10 N–H and O–H groups in total. The van der Waals surface area contributed by atoms with Crippen molar-refractivity contribution >= 4 is 0 Å². The molecule has 0 aromatic heterocycles. The molecule has 15 heteroatoms. The predicted molar refractivity (Wildman–Crippen MR) is 204 cm³/mol. The van der Waals surface area contributed by atoms with Crippen molar-refractivity contribution in [1.29, 1.82) is 0 Å². The van der Waals surface area contributed by atoms with Gasteiger partial charge in [0.1, 0.15) is 48.8 Å². The first-order valence-electron chi connectivity index (χ1n) is 21.1. The molecule has 330 valence electrons. The highest BCUT2D eigenvalue weighted by Gasteiger charge is 2.73. The number of aliphatic hydroxyl groups excluding tert-OH is 8. The zero-order valence-corrected chi connectivity index (χ0v) is 35.0. The molecule has 1 unspecified atom stereocenters. The van der Waals surface area contributed by atoms with Crippen LogP contribution in [-0.2, 0) is 23.8 Å².